The summed E-state index contributed by atoms with van der Waals surface area (Å²) in [6, 6.07) is 13.7. The van der Waals surface area contributed by atoms with Crippen LogP contribution < -0.4 is 19.5 Å². The molecule has 0 amide bonds. The standard InChI is InChI=1S/C21H25N3O3/c1-24-10-9-22-21(24)20(18-7-5-6-8-19(18)27-4)23-14-15-11-16(25-2)13-17(12-15)26-3/h5-13,20,23H,14H2,1-4H3. The average Bonchev–Trinajstić information content (AvgIpc) is 3.13. The Morgan fingerprint density at radius 3 is 2.30 bits per heavy atom. The number of hydrogen-bond acceptors (Lipinski definition) is 5. The van der Waals surface area contributed by atoms with Gasteiger partial charge in [0.05, 0.1) is 27.4 Å². The Morgan fingerprint density at radius 2 is 1.70 bits per heavy atom. The zero-order valence-electron chi connectivity index (χ0n) is 16.1. The third-order valence-electron chi connectivity index (χ3n) is 4.49. The summed E-state index contributed by atoms with van der Waals surface area (Å²) in [6.45, 7) is 0.614. The number of aromatic nitrogens is 2. The molecule has 0 spiro atoms. The lowest BCUT2D eigenvalue weighted by Gasteiger charge is -2.21. The molecule has 2 aromatic carbocycles. The number of benzene rings is 2. The zero-order valence-corrected chi connectivity index (χ0v) is 16.1. The number of para-hydroxylation sites is 1. The van der Waals surface area contributed by atoms with Crippen LogP contribution in [0.5, 0.6) is 17.2 Å². The molecule has 1 N–H and O–H groups in total. The number of nitrogens with zero attached hydrogens (tertiary/aromatic N) is 2. The van der Waals surface area contributed by atoms with Gasteiger partial charge in [-0.25, -0.2) is 4.98 Å². The Labute approximate surface area is 159 Å². The van der Waals surface area contributed by atoms with Crippen molar-refractivity contribution in [2.75, 3.05) is 21.3 Å². The number of hydrogen-bond donors (Lipinski definition) is 1. The first-order chi connectivity index (χ1) is 13.2. The maximum atomic E-state index is 5.57. The average molecular weight is 367 g/mol. The fraction of sp³-hybridized carbons (Fsp3) is 0.286. The van der Waals surface area contributed by atoms with E-state index in [1.54, 1.807) is 27.5 Å². The molecule has 0 saturated heterocycles. The molecule has 142 valence electrons. The zero-order chi connectivity index (χ0) is 19.2. The topological polar surface area (TPSA) is 57.5 Å². The summed E-state index contributed by atoms with van der Waals surface area (Å²) < 4.78 is 18.3. The summed E-state index contributed by atoms with van der Waals surface area (Å²) in [4.78, 5) is 4.54. The molecule has 6 heteroatoms. The summed E-state index contributed by atoms with van der Waals surface area (Å²) in [5.41, 5.74) is 2.09. The molecule has 0 aliphatic heterocycles. The van der Waals surface area contributed by atoms with Gasteiger partial charge in [0.25, 0.3) is 0 Å². The predicted molar refractivity (Wildman–Crippen MR) is 104 cm³/mol. The third-order valence-corrected chi connectivity index (χ3v) is 4.49. The van der Waals surface area contributed by atoms with Gasteiger partial charge in [0.15, 0.2) is 0 Å². The molecule has 0 fully saturated rings. The summed E-state index contributed by atoms with van der Waals surface area (Å²) >= 11 is 0. The lowest BCUT2D eigenvalue weighted by atomic mass is 10.0. The first-order valence-electron chi connectivity index (χ1n) is 8.71. The van der Waals surface area contributed by atoms with Crippen LogP contribution in [-0.2, 0) is 13.6 Å². The van der Waals surface area contributed by atoms with Crippen molar-refractivity contribution in [3.05, 3.63) is 71.8 Å². The highest BCUT2D eigenvalue weighted by atomic mass is 16.5. The van der Waals surface area contributed by atoms with Crippen LogP contribution in [0.3, 0.4) is 0 Å². The Balaban J connectivity index is 1.92. The fourth-order valence-electron chi connectivity index (χ4n) is 3.09. The van der Waals surface area contributed by atoms with Crippen molar-refractivity contribution < 1.29 is 14.2 Å². The van der Waals surface area contributed by atoms with Gasteiger partial charge in [-0.1, -0.05) is 18.2 Å². The van der Waals surface area contributed by atoms with E-state index in [4.69, 9.17) is 14.2 Å². The Bertz CT molecular complexity index is 870. The van der Waals surface area contributed by atoms with E-state index in [0.717, 1.165) is 34.2 Å². The molecule has 0 bridgehead atoms. The third kappa shape index (κ3) is 4.23. The van der Waals surface area contributed by atoms with Gasteiger partial charge in [-0.2, -0.15) is 0 Å². The lowest BCUT2D eigenvalue weighted by Crippen LogP contribution is -2.25. The highest BCUT2D eigenvalue weighted by Gasteiger charge is 2.21. The smallest absolute Gasteiger partial charge is 0.130 e. The molecule has 3 aromatic rings. The molecule has 1 aromatic heterocycles. The number of nitrogens with one attached hydrogen (secondary N) is 1. The van der Waals surface area contributed by atoms with Crippen LogP contribution in [0.4, 0.5) is 0 Å². The normalized spacial score (nSPS) is 11.9. The SMILES string of the molecule is COc1cc(CNC(c2ccccc2OC)c2nccn2C)cc(OC)c1. The summed E-state index contributed by atoms with van der Waals surface area (Å²) in [6.07, 6.45) is 3.74. The van der Waals surface area contributed by atoms with Crippen molar-refractivity contribution in [1.82, 2.24) is 14.9 Å². The predicted octanol–water partition coefficient (Wildman–Crippen LogP) is 3.33. The van der Waals surface area contributed by atoms with Gasteiger partial charge < -0.3 is 18.8 Å². The molecule has 3 rings (SSSR count). The van der Waals surface area contributed by atoms with Gasteiger partial charge in [0.2, 0.25) is 0 Å². The fourth-order valence-corrected chi connectivity index (χ4v) is 3.09. The first-order valence-corrected chi connectivity index (χ1v) is 8.71. The quantitative estimate of drug-likeness (QED) is 0.662. The van der Waals surface area contributed by atoms with Crippen LogP contribution in [0.25, 0.3) is 0 Å². The number of imidazole rings is 1. The second kappa shape index (κ2) is 8.60. The van der Waals surface area contributed by atoms with Crippen LogP contribution in [0.1, 0.15) is 23.0 Å². The van der Waals surface area contributed by atoms with Crippen LogP contribution in [0.15, 0.2) is 54.9 Å². The summed E-state index contributed by atoms with van der Waals surface area (Å²) in [5.74, 6) is 3.25. The van der Waals surface area contributed by atoms with E-state index in [9.17, 15) is 0 Å². The minimum atomic E-state index is -0.127. The number of ether oxygens (including phenoxy) is 3. The first kappa shape index (κ1) is 18.8. The van der Waals surface area contributed by atoms with E-state index in [2.05, 4.69) is 16.4 Å². The van der Waals surface area contributed by atoms with E-state index in [1.807, 2.05) is 54.2 Å². The van der Waals surface area contributed by atoms with Crippen LogP contribution in [0.2, 0.25) is 0 Å². The molecule has 0 aliphatic carbocycles. The van der Waals surface area contributed by atoms with Crippen molar-refractivity contribution in [2.45, 2.75) is 12.6 Å². The lowest BCUT2D eigenvalue weighted by molar-refractivity contribution is 0.392. The van der Waals surface area contributed by atoms with E-state index in [-0.39, 0.29) is 6.04 Å². The van der Waals surface area contributed by atoms with Crippen molar-refractivity contribution in [1.29, 1.82) is 0 Å². The van der Waals surface area contributed by atoms with Gasteiger partial charge >= 0.3 is 0 Å². The Morgan fingerprint density at radius 1 is 1.00 bits per heavy atom. The maximum absolute atomic E-state index is 5.57. The number of rotatable bonds is 8. The highest BCUT2D eigenvalue weighted by molar-refractivity contribution is 5.40. The van der Waals surface area contributed by atoms with Crippen LogP contribution in [-0.4, -0.2) is 30.9 Å². The number of methoxy groups -OCH3 is 3. The molecule has 0 saturated carbocycles. The minimum absolute atomic E-state index is 0.127. The molecule has 0 radical (unpaired) electrons. The second-order valence-corrected chi connectivity index (χ2v) is 6.17. The van der Waals surface area contributed by atoms with Gasteiger partial charge in [-0.15, -0.1) is 0 Å². The monoisotopic (exact) mass is 367 g/mol. The van der Waals surface area contributed by atoms with Crippen molar-refractivity contribution in [3.63, 3.8) is 0 Å². The summed E-state index contributed by atoms with van der Waals surface area (Å²) in [5, 5.41) is 3.60. The molecule has 1 unspecified atom stereocenters. The Kier molecular flexibility index (Phi) is 5.98. The van der Waals surface area contributed by atoms with E-state index < -0.39 is 0 Å². The molecule has 0 aliphatic rings. The van der Waals surface area contributed by atoms with E-state index in [0.29, 0.717) is 6.54 Å². The van der Waals surface area contributed by atoms with Crippen molar-refractivity contribution in [2.24, 2.45) is 7.05 Å². The molecule has 1 heterocycles. The second-order valence-electron chi connectivity index (χ2n) is 6.17. The molecular weight excluding hydrogens is 342 g/mol. The van der Waals surface area contributed by atoms with Crippen LogP contribution >= 0.6 is 0 Å². The van der Waals surface area contributed by atoms with E-state index >= 15 is 0 Å². The molecule has 6 nitrogen and oxygen atoms in total. The van der Waals surface area contributed by atoms with Gasteiger partial charge in [-0.05, 0) is 23.8 Å². The van der Waals surface area contributed by atoms with Crippen molar-refractivity contribution >= 4 is 0 Å². The minimum Gasteiger partial charge on any atom is -0.497 e. The highest BCUT2D eigenvalue weighted by Crippen LogP contribution is 2.30. The van der Waals surface area contributed by atoms with Gasteiger partial charge in [0, 0.05) is 37.6 Å². The van der Waals surface area contributed by atoms with Gasteiger partial charge in [0.1, 0.15) is 23.1 Å². The maximum Gasteiger partial charge on any atom is 0.130 e. The molecular formula is C21H25N3O3. The summed E-state index contributed by atoms with van der Waals surface area (Å²) in [7, 11) is 6.97. The van der Waals surface area contributed by atoms with Crippen molar-refractivity contribution in [3.8, 4) is 17.2 Å². The van der Waals surface area contributed by atoms with E-state index in [1.165, 1.54) is 0 Å². The molecule has 27 heavy (non-hydrogen) atoms. The Hall–Kier alpha value is -2.99. The van der Waals surface area contributed by atoms with Crippen LogP contribution in [0, 0.1) is 0 Å². The largest absolute Gasteiger partial charge is 0.497 e. The number of aryl methyl sites for hydroxylation is 1. The van der Waals surface area contributed by atoms with Gasteiger partial charge in [-0.3, -0.25) is 5.32 Å². The molecule has 1 atom stereocenters.